The number of nitrogens with zero attached hydrogens (tertiary/aromatic N) is 4. The summed E-state index contributed by atoms with van der Waals surface area (Å²) in [6.45, 7) is 4.38. The number of benzene rings is 1. The smallest absolute Gasteiger partial charge is 0.223 e. The molecule has 1 atom stereocenters. The highest BCUT2D eigenvalue weighted by atomic mass is 127. The van der Waals surface area contributed by atoms with Crippen LogP contribution in [0.1, 0.15) is 23.7 Å². The van der Waals surface area contributed by atoms with Crippen LogP contribution >= 0.6 is 24.0 Å². The molecule has 1 aromatic carbocycles. The van der Waals surface area contributed by atoms with Gasteiger partial charge in [-0.15, -0.1) is 24.0 Å². The summed E-state index contributed by atoms with van der Waals surface area (Å²) < 4.78 is 4.98. The second kappa shape index (κ2) is 9.00. The number of aromatic nitrogens is 2. The van der Waals surface area contributed by atoms with Crippen molar-refractivity contribution in [2.75, 3.05) is 20.1 Å². The van der Waals surface area contributed by atoms with E-state index < -0.39 is 0 Å². The molecule has 1 aliphatic heterocycles. The third-order valence-corrected chi connectivity index (χ3v) is 4.14. The van der Waals surface area contributed by atoms with Gasteiger partial charge in [-0.05, 0) is 24.3 Å². The van der Waals surface area contributed by atoms with E-state index in [0.717, 1.165) is 25.5 Å². The van der Waals surface area contributed by atoms with Crippen LogP contribution in [0.4, 0.5) is 0 Å². The quantitative estimate of drug-likeness (QED) is 0.449. The van der Waals surface area contributed by atoms with Crippen LogP contribution in [0, 0.1) is 12.8 Å². The number of likely N-dealkylation sites (tertiary alicyclic amines) is 1. The summed E-state index contributed by atoms with van der Waals surface area (Å²) in [5.74, 6) is 2.82. The first-order chi connectivity index (χ1) is 11.2. The molecule has 1 N–H and O–H groups in total. The normalized spacial score (nSPS) is 17.7. The van der Waals surface area contributed by atoms with Gasteiger partial charge < -0.3 is 14.7 Å². The highest BCUT2D eigenvalue weighted by Gasteiger charge is 2.25. The minimum absolute atomic E-state index is 0. The predicted molar refractivity (Wildman–Crippen MR) is 104 cm³/mol. The lowest BCUT2D eigenvalue weighted by Crippen LogP contribution is -2.39. The molecule has 0 aliphatic carbocycles. The van der Waals surface area contributed by atoms with Crippen molar-refractivity contribution in [2.24, 2.45) is 10.9 Å². The van der Waals surface area contributed by atoms with Gasteiger partial charge in [0.25, 0.3) is 0 Å². The van der Waals surface area contributed by atoms with E-state index in [4.69, 9.17) is 4.52 Å². The van der Waals surface area contributed by atoms with Crippen molar-refractivity contribution >= 4 is 29.9 Å². The molecule has 0 bridgehead atoms. The zero-order valence-corrected chi connectivity index (χ0v) is 16.4. The molecular weight excluding hydrogens is 417 g/mol. The van der Waals surface area contributed by atoms with E-state index in [0.29, 0.717) is 24.2 Å². The third kappa shape index (κ3) is 4.93. The summed E-state index contributed by atoms with van der Waals surface area (Å²) in [5.41, 5.74) is 1.41. The number of hydrogen-bond donors (Lipinski definition) is 1. The van der Waals surface area contributed by atoms with Gasteiger partial charge in [-0.25, -0.2) is 0 Å². The Kier molecular flexibility index (Phi) is 7.01. The molecule has 0 spiro atoms. The zero-order chi connectivity index (χ0) is 16.1. The highest BCUT2D eigenvalue weighted by molar-refractivity contribution is 14.0. The molecule has 3 rings (SSSR count). The number of aliphatic imine (C=N–C) groups is 1. The van der Waals surface area contributed by atoms with Crippen molar-refractivity contribution in [2.45, 2.75) is 26.3 Å². The minimum atomic E-state index is 0. The number of halogens is 1. The van der Waals surface area contributed by atoms with Gasteiger partial charge in [-0.2, -0.15) is 4.98 Å². The molecule has 2 heterocycles. The van der Waals surface area contributed by atoms with E-state index in [2.05, 4.69) is 55.7 Å². The lowest BCUT2D eigenvalue weighted by Gasteiger charge is -2.21. The number of hydrogen-bond acceptors (Lipinski definition) is 4. The van der Waals surface area contributed by atoms with Crippen molar-refractivity contribution in [3.05, 3.63) is 47.6 Å². The number of aryl methyl sites for hydroxylation is 1. The van der Waals surface area contributed by atoms with Crippen LogP contribution in [0.15, 0.2) is 39.8 Å². The molecule has 0 radical (unpaired) electrons. The van der Waals surface area contributed by atoms with Gasteiger partial charge in [0.15, 0.2) is 11.8 Å². The van der Waals surface area contributed by atoms with Crippen LogP contribution in [0.3, 0.4) is 0 Å². The standard InChI is InChI=1S/C17H23N5O.HI/c1-13-20-16(21-23-13)11-19-17(18-2)22-9-8-15(12-22)10-14-6-4-3-5-7-14;/h3-7,15H,8-12H2,1-2H3,(H,18,19);1H. The maximum Gasteiger partial charge on any atom is 0.223 e. The molecule has 1 fully saturated rings. The molecule has 1 aromatic heterocycles. The first-order valence-corrected chi connectivity index (χ1v) is 8.03. The zero-order valence-electron chi connectivity index (χ0n) is 14.1. The summed E-state index contributed by atoms with van der Waals surface area (Å²) in [6, 6.07) is 10.7. The summed E-state index contributed by atoms with van der Waals surface area (Å²) in [4.78, 5) is 10.9. The summed E-state index contributed by atoms with van der Waals surface area (Å²) in [6.07, 6.45) is 2.31. The monoisotopic (exact) mass is 441 g/mol. The fourth-order valence-corrected chi connectivity index (χ4v) is 3.04. The van der Waals surface area contributed by atoms with Crippen LogP contribution in [-0.2, 0) is 13.0 Å². The molecule has 130 valence electrons. The molecule has 1 aliphatic rings. The largest absolute Gasteiger partial charge is 0.349 e. The molecule has 0 saturated carbocycles. The first-order valence-electron chi connectivity index (χ1n) is 8.03. The SMILES string of the molecule is CN=C(NCc1noc(C)n1)N1CCC(Cc2ccccc2)C1.I. The maximum atomic E-state index is 4.98. The lowest BCUT2D eigenvalue weighted by atomic mass is 9.99. The van der Waals surface area contributed by atoms with Crippen LogP contribution in [0.5, 0.6) is 0 Å². The summed E-state index contributed by atoms with van der Waals surface area (Å²) in [7, 11) is 1.81. The van der Waals surface area contributed by atoms with Gasteiger partial charge in [0.2, 0.25) is 5.89 Å². The molecule has 0 amide bonds. The van der Waals surface area contributed by atoms with Gasteiger partial charge in [0, 0.05) is 27.1 Å². The van der Waals surface area contributed by atoms with E-state index in [9.17, 15) is 0 Å². The van der Waals surface area contributed by atoms with Crippen LogP contribution in [0.25, 0.3) is 0 Å². The van der Waals surface area contributed by atoms with Crippen molar-refractivity contribution in [1.29, 1.82) is 0 Å². The fourth-order valence-electron chi connectivity index (χ4n) is 3.04. The van der Waals surface area contributed by atoms with Gasteiger partial charge in [-0.3, -0.25) is 4.99 Å². The number of rotatable bonds is 4. The van der Waals surface area contributed by atoms with Gasteiger partial charge in [0.05, 0.1) is 6.54 Å². The lowest BCUT2D eigenvalue weighted by molar-refractivity contribution is 0.386. The maximum absolute atomic E-state index is 4.98. The molecule has 1 saturated heterocycles. The third-order valence-electron chi connectivity index (χ3n) is 4.14. The van der Waals surface area contributed by atoms with Gasteiger partial charge >= 0.3 is 0 Å². The second-order valence-corrected chi connectivity index (χ2v) is 5.92. The summed E-state index contributed by atoms with van der Waals surface area (Å²) >= 11 is 0. The van der Waals surface area contributed by atoms with Gasteiger partial charge in [-0.1, -0.05) is 35.5 Å². The molecule has 24 heavy (non-hydrogen) atoms. The minimum Gasteiger partial charge on any atom is -0.349 e. The Morgan fingerprint density at radius 1 is 1.38 bits per heavy atom. The van der Waals surface area contributed by atoms with E-state index in [1.165, 1.54) is 12.0 Å². The average molecular weight is 441 g/mol. The summed E-state index contributed by atoms with van der Waals surface area (Å²) in [5, 5.41) is 7.21. The Balaban J connectivity index is 0.00000208. The van der Waals surface area contributed by atoms with E-state index in [-0.39, 0.29) is 24.0 Å². The Labute approximate surface area is 159 Å². The molecule has 1 unspecified atom stereocenters. The van der Waals surface area contributed by atoms with Crippen LogP contribution in [-0.4, -0.2) is 41.1 Å². The Hall–Kier alpha value is -1.64. The van der Waals surface area contributed by atoms with Crippen LogP contribution < -0.4 is 5.32 Å². The van der Waals surface area contributed by atoms with Crippen molar-refractivity contribution in [3.63, 3.8) is 0 Å². The topological polar surface area (TPSA) is 66.5 Å². The van der Waals surface area contributed by atoms with Crippen molar-refractivity contribution in [3.8, 4) is 0 Å². The number of guanidine groups is 1. The Morgan fingerprint density at radius 2 is 2.17 bits per heavy atom. The Bertz CT molecular complexity index is 658. The molecular formula is C17H24IN5O. The average Bonchev–Trinajstić information content (AvgIpc) is 3.19. The second-order valence-electron chi connectivity index (χ2n) is 5.92. The molecule has 2 aromatic rings. The molecule has 7 heteroatoms. The van der Waals surface area contributed by atoms with Gasteiger partial charge in [0.1, 0.15) is 0 Å². The number of nitrogens with one attached hydrogen (secondary N) is 1. The first kappa shape index (κ1) is 18.7. The van der Waals surface area contributed by atoms with Crippen molar-refractivity contribution in [1.82, 2.24) is 20.4 Å². The van der Waals surface area contributed by atoms with Crippen molar-refractivity contribution < 1.29 is 4.52 Å². The Morgan fingerprint density at radius 3 is 2.83 bits per heavy atom. The van der Waals surface area contributed by atoms with E-state index >= 15 is 0 Å². The van der Waals surface area contributed by atoms with E-state index in [1.807, 2.05) is 7.05 Å². The van der Waals surface area contributed by atoms with E-state index in [1.54, 1.807) is 6.92 Å². The van der Waals surface area contributed by atoms with Crippen LogP contribution in [0.2, 0.25) is 0 Å². The molecule has 6 nitrogen and oxygen atoms in total. The highest BCUT2D eigenvalue weighted by Crippen LogP contribution is 2.20. The predicted octanol–water partition coefficient (Wildman–Crippen LogP) is 2.64. The fraction of sp³-hybridized carbons (Fsp3) is 0.471.